The van der Waals surface area contributed by atoms with E-state index in [1.165, 1.54) is 4.70 Å². The highest BCUT2D eigenvalue weighted by Crippen LogP contribution is 2.25. The van der Waals surface area contributed by atoms with Crippen LogP contribution in [0.15, 0.2) is 36.4 Å². The summed E-state index contributed by atoms with van der Waals surface area (Å²) in [5.41, 5.74) is 10.5. The first-order valence-electron chi connectivity index (χ1n) is 6.67. The molecule has 3 rings (SSSR count). The molecule has 0 amide bonds. The average molecular weight is 283 g/mol. The van der Waals surface area contributed by atoms with Crippen molar-refractivity contribution < 1.29 is 0 Å². The van der Waals surface area contributed by atoms with Gasteiger partial charge in [0.05, 0.1) is 15.2 Å². The first-order chi connectivity index (χ1) is 9.61. The number of rotatable bonds is 3. The van der Waals surface area contributed by atoms with Crippen LogP contribution in [0.2, 0.25) is 0 Å². The Kier molecular flexibility index (Phi) is 3.51. The van der Waals surface area contributed by atoms with Crippen molar-refractivity contribution in [1.82, 2.24) is 9.97 Å². The smallest absolute Gasteiger partial charge is 0.0957 e. The van der Waals surface area contributed by atoms with Crippen molar-refractivity contribution in [3.8, 4) is 0 Å². The van der Waals surface area contributed by atoms with E-state index in [1.807, 2.05) is 32.0 Å². The fourth-order valence-corrected chi connectivity index (χ4v) is 3.42. The highest BCUT2D eigenvalue weighted by molar-refractivity contribution is 7.18. The fourth-order valence-electron chi connectivity index (χ4n) is 2.39. The van der Waals surface area contributed by atoms with Crippen LogP contribution in [0.1, 0.15) is 28.0 Å². The number of nitrogens with two attached hydrogens (primary N) is 1. The molecule has 0 saturated carbocycles. The number of nitrogens with zero attached hydrogens (tertiary/aromatic N) is 2. The van der Waals surface area contributed by atoms with Crippen LogP contribution in [-0.4, -0.2) is 9.97 Å². The predicted octanol–water partition coefficient (Wildman–Crippen LogP) is 3.55. The fraction of sp³-hybridized carbons (Fsp3) is 0.250. The molecule has 2 N–H and O–H groups in total. The molecule has 20 heavy (non-hydrogen) atoms. The molecular weight excluding hydrogens is 266 g/mol. The van der Waals surface area contributed by atoms with Gasteiger partial charge in [-0.25, -0.2) is 4.98 Å². The monoisotopic (exact) mass is 283 g/mol. The Morgan fingerprint density at radius 1 is 1.10 bits per heavy atom. The van der Waals surface area contributed by atoms with Crippen LogP contribution in [0, 0.1) is 13.8 Å². The van der Waals surface area contributed by atoms with Gasteiger partial charge >= 0.3 is 0 Å². The van der Waals surface area contributed by atoms with E-state index in [9.17, 15) is 0 Å². The second-order valence-corrected chi connectivity index (χ2v) is 6.18. The molecule has 0 radical (unpaired) electrons. The summed E-state index contributed by atoms with van der Waals surface area (Å²) in [5.74, 6) is 0. The third kappa shape index (κ3) is 2.71. The summed E-state index contributed by atoms with van der Waals surface area (Å²) in [6.07, 6.45) is 0.766. The lowest BCUT2D eigenvalue weighted by molar-refractivity contribution is 0.715. The van der Waals surface area contributed by atoms with E-state index < -0.39 is 0 Å². The van der Waals surface area contributed by atoms with Gasteiger partial charge in [-0.15, -0.1) is 11.3 Å². The van der Waals surface area contributed by atoms with Crippen molar-refractivity contribution in [3.63, 3.8) is 0 Å². The molecule has 2 aromatic heterocycles. The quantitative estimate of drug-likeness (QED) is 0.799. The molecule has 0 aliphatic carbocycles. The zero-order valence-corrected chi connectivity index (χ0v) is 12.4. The van der Waals surface area contributed by atoms with Gasteiger partial charge in [-0.3, -0.25) is 4.98 Å². The maximum absolute atomic E-state index is 6.33. The highest BCUT2D eigenvalue weighted by Gasteiger charge is 2.12. The van der Waals surface area contributed by atoms with Crippen LogP contribution < -0.4 is 5.73 Å². The first-order valence-corrected chi connectivity index (χ1v) is 7.49. The van der Waals surface area contributed by atoms with Crippen molar-refractivity contribution in [1.29, 1.82) is 0 Å². The molecular formula is C16H17N3S. The lowest BCUT2D eigenvalue weighted by Crippen LogP contribution is -2.14. The second kappa shape index (κ2) is 5.31. The summed E-state index contributed by atoms with van der Waals surface area (Å²) >= 11 is 1.72. The second-order valence-electron chi connectivity index (χ2n) is 5.07. The number of benzene rings is 1. The lowest BCUT2D eigenvalue weighted by atomic mass is 10.0. The summed E-state index contributed by atoms with van der Waals surface area (Å²) in [5, 5.41) is 1.09. The largest absolute Gasteiger partial charge is 0.324 e. The normalized spacial score (nSPS) is 12.8. The molecule has 2 heterocycles. The molecule has 102 valence electrons. The molecule has 0 fully saturated rings. The van der Waals surface area contributed by atoms with Crippen LogP contribution in [0.4, 0.5) is 0 Å². The molecule has 3 aromatic rings. The minimum atomic E-state index is -0.0315. The standard InChI is InChI=1S/C16H17N3S/c1-10-7-12(8-11(2)18-10)13(17)9-16-19-14-5-3-4-6-15(14)20-16/h3-8,13H,9,17H2,1-2H3. The predicted molar refractivity (Wildman–Crippen MR) is 84.0 cm³/mol. The maximum atomic E-state index is 6.33. The number of aromatic nitrogens is 2. The van der Waals surface area contributed by atoms with Gasteiger partial charge in [-0.2, -0.15) is 0 Å². The molecule has 1 aromatic carbocycles. The van der Waals surface area contributed by atoms with Crippen molar-refractivity contribution >= 4 is 21.6 Å². The number of fused-ring (bicyclic) bond motifs is 1. The molecule has 4 heteroatoms. The van der Waals surface area contributed by atoms with Crippen LogP contribution in [-0.2, 0) is 6.42 Å². The molecule has 1 atom stereocenters. The number of para-hydroxylation sites is 1. The third-order valence-electron chi connectivity index (χ3n) is 3.26. The minimum absolute atomic E-state index is 0.0315. The van der Waals surface area contributed by atoms with Crippen molar-refractivity contribution in [2.45, 2.75) is 26.3 Å². The first kappa shape index (κ1) is 13.2. The Labute approximate surface area is 122 Å². The zero-order chi connectivity index (χ0) is 14.1. The third-order valence-corrected chi connectivity index (χ3v) is 4.32. The van der Waals surface area contributed by atoms with E-state index in [-0.39, 0.29) is 6.04 Å². The van der Waals surface area contributed by atoms with Crippen LogP contribution in [0.3, 0.4) is 0 Å². The number of pyridine rings is 1. The minimum Gasteiger partial charge on any atom is -0.324 e. The van der Waals surface area contributed by atoms with Gasteiger partial charge in [0.25, 0.3) is 0 Å². The van der Waals surface area contributed by atoms with Gasteiger partial charge in [0.1, 0.15) is 0 Å². The van der Waals surface area contributed by atoms with Crippen LogP contribution in [0.5, 0.6) is 0 Å². The van der Waals surface area contributed by atoms with Crippen LogP contribution in [0.25, 0.3) is 10.2 Å². The van der Waals surface area contributed by atoms with Gasteiger partial charge in [0, 0.05) is 23.9 Å². The van der Waals surface area contributed by atoms with Gasteiger partial charge in [0.2, 0.25) is 0 Å². The SMILES string of the molecule is Cc1cc(C(N)Cc2nc3ccccc3s2)cc(C)n1. The molecule has 0 spiro atoms. The molecule has 1 unspecified atom stereocenters. The van der Waals surface area contributed by atoms with E-state index >= 15 is 0 Å². The summed E-state index contributed by atoms with van der Waals surface area (Å²) < 4.78 is 1.22. The zero-order valence-electron chi connectivity index (χ0n) is 11.6. The Morgan fingerprint density at radius 3 is 2.50 bits per heavy atom. The molecule has 0 aliphatic rings. The number of aryl methyl sites for hydroxylation is 2. The number of thiazole rings is 1. The van der Waals surface area contributed by atoms with E-state index in [2.05, 4.69) is 28.2 Å². The average Bonchev–Trinajstić information content (AvgIpc) is 2.79. The topological polar surface area (TPSA) is 51.8 Å². The van der Waals surface area contributed by atoms with Gasteiger partial charge in [0.15, 0.2) is 0 Å². The van der Waals surface area contributed by atoms with Crippen molar-refractivity contribution in [3.05, 3.63) is 58.4 Å². The van der Waals surface area contributed by atoms with Crippen molar-refractivity contribution in [2.75, 3.05) is 0 Å². The Morgan fingerprint density at radius 2 is 1.80 bits per heavy atom. The van der Waals surface area contributed by atoms with Gasteiger partial charge in [-0.05, 0) is 43.7 Å². The Hall–Kier alpha value is -1.78. The summed E-state index contributed by atoms with van der Waals surface area (Å²) in [6.45, 7) is 4.00. The lowest BCUT2D eigenvalue weighted by Gasteiger charge is -2.11. The van der Waals surface area contributed by atoms with E-state index in [0.717, 1.165) is 33.9 Å². The van der Waals surface area contributed by atoms with E-state index in [4.69, 9.17) is 5.73 Å². The summed E-state index contributed by atoms with van der Waals surface area (Å²) in [6, 6.07) is 12.3. The molecule has 3 nitrogen and oxygen atoms in total. The van der Waals surface area contributed by atoms with E-state index in [1.54, 1.807) is 11.3 Å². The number of hydrogen-bond donors (Lipinski definition) is 1. The van der Waals surface area contributed by atoms with Gasteiger partial charge < -0.3 is 5.73 Å². The highest BCUT2D eigenvalue weighted by atomic mass is 32.1. The number of hydrogen-bond acceptors (Lipinski definition) is 4. The van der Waals surface area contributed by atoms with E-state index in [0.29, 0.717) is 0 Å². The van der Waals surface area contributed by atoms with Crippen LogP contribution >= 0.6 is 11.3 Å². The van der Waals surface area contributed by atoms with Gasteiger partial charge in [-0.1, -0.05) is 12.1 Å². The molecule has 0 bridgehead atoms. The summed E-state index contributed by atoms with van der Waals surface area (Å²) in [4.78, 5) is 9.04. The maximum Gasteiger partial charge on any atom is 0.0957 e. The van der Waals surface area contributed by atoms with Crippen molar-refractivity contribution in [2.24, 2.45) is 5.73 Å². The Balaban J connectivity index is 1.86. The Bertz CT molecular complexity index is 695. The molecule has 0 saturated heterocycles. The molecule has 0 aliphatic heterocycles. The summed E-state index contributed by atoms with van der Waals surface area (Å²) in [7, 11) is 0.